The maximum absolute atomic E-state index is 13.1. The van der Waals surface area contributed by atoms with E-state index in [2.05, 4.69) is 15.0 Å². The monoisotopic (exact) mass is 453 g/mol. The van der Waals surface area contributed by atoms with Crippen molar-refractivity contribution in [3.8, 4) is 11.3 Å². The number of aromatic nitrogens is 1. The Labute approximate surface area is 176 Å². The number of carbonyl (C=O) groups is 1. The highest BCUT2D eigenvalue weighted by Crippen LogP contribution is 2.30. The number of sulfonamides is 1. The first kappa shape index (κ1) is 21.4. The summed E-state index contributed by atoms with van der Waals surface area (Å²) in [4.78, 5) is 17.3. The maximum atomic E-state index is 13.1. The molecule has 0 saturated heterocycles. The predicted molar refractivity (Wildman–Crippen MR) is 112 cm³/mol. The van der Waals surface area contributed by atoms with Crippen LogP contribution in [0.4, 0.5) is 9.52 Å². The number of amides is 1. The van der Waals surface area contributed by atoms with E-state index >= 15 is 0 Å². The van der Waals surface area contributed by atoms with Crippen molar-refractivity contribution in [1.82, 2.24) is 9.71 Å². The van der Waals surface area contributed by atoms with Crippen molar-refractivity contribution in [3.63, 3.8) is 0 Å². The zero-order chi connectivity index (χ0) is 21.0. The van der Waals surface area contributed by atoms with Gasteiger partial charge in [-0.25, -0.2) is 22.5 Å². The molecule has 0 spiro atoms. The second kappa shape index (κ2) is 9.00. The number of carbonyl (C=O) groups excluding carboxylic acids is 1. The quantitative estimate of drug-likeness (QED) is 0.560. The summed E-state index contributed by atoms with van der Waals surface area (Å²) in [6.45, 7) is 1.76. The van der Waals surface area contributed by atoms with Crippen molar-refractivity contribution >= 4 is 44.0 Å². The van der Waals surface area contributed by atoms with E-state index in [-0.39, 0.29) is 34.6 Å². The van der Waals surface area contributed by atoms with Crippen LogP contribution in [0.5, 0.6) is 0 Å². The minimum absolute atomic E-state index is 0.0402. The molecule has 0 aliphatic heterocycles. The van der Waals surface area contributed by atoms with Crippen LogP contribution in [0.15, 0.2) is 53.4 Å². The summed E-state index contributed by atoms with van der Waals surface area (Å²) in [7, 11) is -3.81. The smallest absolute Gasteiger partial charge is 0.242 e. The van der Waals surface area contributed by atoms with E-state index < -0.39 is 10.0 Å². The average molecular weight is 454 g/mol. The molecule has 1 amide bonds. The lowest BCUT2D eigenvalue weighted by atomic mass is 10.1. The minimum Gasteiger partial charge on any atom is -0.302 e. The van der Waals surface area contributed by atoms with Gasteiger partial charge >= 0.3 is 0 Å². The van der Waals surface area contributed by atoms with E-state index in [1.165, 1.54) is 35.6 Å². The third-order valence-corrected chi connectivity index (χ3v) is 6.78. The van der Waals surface area contributed by atoms with Gasteiger partial charge in [-0.15, -0.1) is 11.3 Å². The number of hydrogen-bond donors (Lipinski definition) is 2. The van der Waals surface area contributed by atoms with Crippen molar-refractivity contribution in [2.24, 2.45) is 0 Å². The van der Waals surface area contributed by atoms with Gasteiger partial charge in [-0.2, -0.15) is 0 Å². The molecular formula is C19H17ClFN3O3S2. The van der Waals surface area contributed by atoms with Gasteiger partial charge in [-0.3, -0.25) is 4.79 Å². The second-order valence-corrected chi connectivity index (χ2v) is 9.40. The first-order chi connectivity index (χ1) is 13.8. The molecule has 0 radical (unpaired) electrons. The molecule has 0 unspecified atom stereocenters. The van der Waals surface area contributed by atoms with Crippen LogP contribution in [0.25, 0.3) is 11.3 Å². The predicted octanol–water partition coefficient (Wildman–Crippen LogP) is 4.22. The third kappa shape index (κ3) is 5.39. The summed E-state index contributed by atoms with van der Waals surface area (Å²) in [5.41, 5.74) is 1.40. The molecule has 0 atom stereocenters. The Bertz CT molecular complexity index is 1130. The molecule has 0 fully saturated rings. The Morgan fingerprint density at radius 2 is 1.86 bits per heavy atom. The van der Waals surface area contributed by atoms with Crippen LogP contribution < -0.4 is 10.0 Å². The number of benzene rings is 2. The van der Waals surface area contributed by atoms with Crippen LogP contribution in [0.3, 0.4) is 0 Å². The summed E-state index contributed by atoms with van der Waals surface area (Å²) < 4.78 is 40.0. The number of halogens is 2. The molecular weight excluding hydrogens is 437 g/mol. The lowest BCUT2D eigenvalue weighted by Gasteiger charge is -2.08. The van der Waals surface area contributed by atoms with Crippen LogP contribution in [0, 0.1) is 12.7 Å². The van der Waals surface area contributed by atoms with E-state index in [0.29, 0.717) is 10.8 Å². The summed E-state index contributed by atoms with van der Waals surface area (Å²) in [6, 6.07) is 12.0. The summed E-state index contributed by atoms with van der Waals surface area (Å²) in [6.07, 6.45) is -0.0752. The van der Waals surface area contributed by atoms with E-state index in [0.717, 1.165) is 10.4 Å². The molecule has 152 valence electrons. The molecule has 0 aliphatic carbocycles. The zero-order valence-corrected chi connectivity index (χ0v) is 17.7. The van der Waals surface area contributed by atoms with Gasteiger partial charge in [-0.1, -0.05) is 23.7 Å². The molecule has 2 aromatic carbocycles. The molecule has 3 rings (SSSR count). The van der Waals surface area contributed by atoms with Crippen LogP contribution in [-0.2, 0) is 14.8 Å². The highest BCUT2D eigenvalue weighted by atomic mass is 35.5. The fraction of sp³-hybridized carbons (Fsp3) is 0.158. The van der Waals surface area contributed by atoms with Crippen LogP contribution >= 0.6 is 22.9 Å². The molecule has 2 N–H and O–H groups in total. The summed E-state index contributed by atoms with van der Waals surface area (Å²) in [5, 5.41) is 3.15. The Morgan fingerprint density at radius 1 is 1.17 bits per heavy atom. The van der Waals surface area contributed by atoms with Gasteiger partial charge < -0.3 is 5.32 Å². The molecule has 3 aromatic rings. The average Bonchev–Trinajstić information content (AvgIpc) is 3.02. The van der Waals surface area contributed by atoms with Gasteiger partial charge in [-0.05, 0) is 43.3 Å². The molecule has 1 aromatic heterocycles. The van der Waals surface area contributed by atoms with Gasteiger partial charge in [0.1, 0.15) is 10.7 Å². The fourth-order valence-electron chi connectivity index (χ4n) is 2.55. The Balaban J connectivity index is 1.58. The molecule has 6 nitrogen and oxygen atoms in total. The van der Waals surface area contributed by atoms with E-state index in [9.17, 15) is 17.6 Å². The van der Waals surface area contributed by atoms with Gasteiger partial charge in [0, 0.05) is 23.4 Å². The van der Waals surface area contributed by atoms with Gasteiger partial charge in [0.15, 0.2) is 5.13 Å². The zero-order valence-electron chi connectivity index (χ0n) is 15.3. The molecule has 0 aliphatic rings. The van der Waals surface area contributed by atoms with Gasteiger partial charge in [0.2, 0.25) is 15.9 Å². The number of hydrogen-bond acceptors (Lipinski definition) is 5. The summed E-state index contributed by atoms with van der Waals surface area (Å²) in [5.74, 6) is -0.722. The topological polar surface area (TPSA) is 88.2 Å². The maximum Gasteiger partial charge on any atom is 0.242 e. The van der Waals surface area contributed by atoms with Crippen molar-refractivity contribution in [1.29, 1.82) is 0 Å². The fourth-order valence-corrected chi connectivity index (χ4v) is 4.95. The van der Waals surface area contributed by atoms with Crippen molar-refractivity contribution in [2.45, 2.75) is 18.2 Å². The highest BCUT2D eigenvalue weighted by molar-refractivity contribution is 7.89. The number of nitrogens with zero attached hydrogens (tertiary/aromatic N) is 1. The van der Waals surface area contributed by atoms with Gasteiger partial charge in [0.25, 0.3) is 0 Å². The van der Waals surface area contributed by atoms with Crippen LogP contribution in [-0.4, -0.2) is 25.9 Å². The number of anilines is 1. The molecule has 0 saturated carbocycles. The Morgan fingerprint density at radius 3 is 2.55 bits per heavy atom. The number of aryl methyl sites for hydroxylation is 1. The van der Waals surface area contributed by atoms with Crippen molar-refractivity contribution in [2.75, 3.05) is 11.9 Å². The molecule has 29 heavy (non-hydrogen) atoms. The first-order valence-corrected chi connectivity index (χ1v) is 11.2. The third-order valence-electron chi connectivity index (χ3n) is 3.93. The largest absolute Gasteiger partial charge is 0.302 e. The number of thiazole rings is 1. The van der Waals surface area contributed by atoms with E-state index in [4.69, 9.17) is 11.6 Å². The lowest BCUT2D eigenvalue weighted by Crippen LogP contribution is -2.28. The summed E-state index contributed by atoms with van der Waals surface area (Å²) >= 11 is 7.19. The van der Waals surface area contributed by atoms with E-state index in [1.54, 1.807) is 24.3 Å². The van der Waals surface area contributed by atoms with Crippen molar-refractivity contribution in [3.05, 3.63) is 64.2 Å². The van der Waals surface area contributed by atoms with Crippen molar-refractivity contribution < 1.29 is 17.6 Å². The minimum atomic E-state index is -3.81. The van der Waals surface area contributed by atoms with Crippen LogP contribution in [0.1, 0.15) is 11.3 Å². The standard InChI is InChI=1S/C19H17ClFN3O3S2/c1-12-18(13-6-8-14(21)9-7-13)24-19(28-12)23-17(25)10-11-22-29(26,27)16-5-3-2-4-15(16)20/h2-9,22H,10-11H2,1H3,(H,23,24,25). The second-order valence-electron chi connectivity index (χ2n) is 6.06. The molecule has 0 bridgehead atoms. The number of nitrogens with one attached hydrogen (secondary N) is 2. The van der Waals surface area contributed by atoms with Crippen LogP contribution in [0.2, 0.25) is 5.02 Å². The Kier molecular flexibility index (Phi) is 6.63. The number of rotatable bonds is 7. The SMILES string of the molecule is Cc1sc(NC(=O)CCNS(=O)(=O)c2ccccc2Cl)nc1-c1ccc(F)cc1. The van der Waals surface area contributed by atoms with E-state index in [1.807, 2.05) is 6.92 Å². The lowest BCUT2D eigenvalue weighted by molar-refractivity contribution is -0.116. The molecule has 1 heterocycles. The highest BCUT2D eigenvalue weighted by Gasteiger charge is 2.18. The normalized spacial score (nSPS) is 11.4. The Hall–Kier alpha value is -2.33. The molecule has 10 heteroatoms. The first-order valence-electron chi connectivity index (χ1n) is 8.53. The van der Waals surface area contributed by atoms with Gasteiger partial charge in [0.05, 0.1) is 10.7 Å².